The van der Waals surface area contributed by atoms with E-state index in [1.165, 1.54) is 35.2 Å². The van der Waals surface area contributed by atoms with Crippen molar-refractivity contribution in [2.24, 2.45) is 0 Å². The van der Waals surface area contributed by atoms with Gasteiger partial charge in [-0.15, -0.1) is 11.3 Å². The molecular weight excluding hydrogens is 484 g/mol. The van der Waals surface area contributed by atoms with Crippen molar-refractivity contribution in [3.05, 3.63) is 87.6 Å². The maximum atomic E-state index is 13.6. The molecule has 0 saturated carbocycles. The van der Waals surface area contributed by atoms with Crippen LogP contribution in [0.1, 0.15) is 28.2 Å². The molecule has 2 heterocycles. The average Bonchev–Trinajstić information content (AvgIpc) is 3.51. The van der Waals surface area contributed by atoms with Crippen LogP contribution in [0.4, 0.5) is 19.3 Å². The topological polar surface area (TPSA) is 61.9 Å². The molecule has 1 aromatic heterocycles. The number of carbonyl (C=O) groups is 2. The zero-order chi connectivity index (χ0) is 25.5. The normalized spacial score (nSPS) is 15.0. The molecule has 0 aliphatic carbocycles. The summed E-state index contributed by atoms with van der Waals surface area (Å²) in [5.41, 5.74) is 1.09. The third kappa shape index (κ3) is 7.35. The van der Waals surface area contributed by atoms with Crippen molar-refractivity contribution in [2.45, 2.75) is 39.0 Å². The Hall–Kier alpha value is -3.30. The first-order valence-electron chi connectivity index (χ1n) is 11.9. The van der Waals surface area contributed by atoms with Gasteiger partial charge in [-0.05, 0) is 67.8 Å². The Morgan fingerprint density at radius 2 is 1.83 bits per heavy atom. The minimum atomic E-state index is -0.502. The van der Waals surface area contributed by atoms with Gasteiger partial charge >= 0.3 is 6.03 Å². The van der Waals surface area contributed by atoms with Crippen LogP contribution in [0.2, 0.25) is 0 Å². The zero-order valence-corrected chi connectivity index (χ0v) is 20.9. The molecule has 6 nitrogen and oxygen atoms in total. The molecule has 0 spiro atoms. The molecular formula is C27H29F2N3O3S. The standard InChI is InChI=1S/C27H29F2N3O3S/c1-19-7-12-25(36-19)17-31(15-20-8-10-21(28)11-9-20)26(33)18-32(16-24-6-3-13-35-24)27(34)30-23-5-2-4-22(29)14-23/h2,4-5,7-12,14,24H,3,6,13,15-18H2,1H3,(H,30,34)/t24-/m1/s1. The van der Waals surface area contributed by atoms with Gasteiger partial charge in [-0.1, -0.05) is 18.2 Å². The van der Waals surface area contributed by atoms with Crippen molar-refractivity contribution in [1.29, 1.82) is 0 Å². The van der Waals surface area contributed by atoms with E-state index in [2.05, 4.69) is 5.32 Å². The molecule has 1 fully saturated rings. The average molecular weight is 514 g/mol. The molecule has 0 unspecified atom stereocenters. The summed E-state index contributed by atoms with van der Waals surface area (Å²) >= 11 is 1.60. The number of thiophene rings is 1. The van der Waals surface area contributed by atoms with Crippen LogP contribution in [0, 0.1) is 18.6 Å². The first-order chi connectivity index (χ1) is 17.4. The third-order valence-electron chi connectivity index (χ3n) is 5.92. The molecule has 2 aromatic carbocycles. The summed E-state index contributed by atoms with van der Waals surface area (Å²) < 4.78 is 32.8. The highest BCUT2D eigenvalue weighted by Gasteiger charge is 2.27. The van der Waals surface area contributed by atoms with E-state index in [4.69, 9.17) is 4.74 Å². The Labute approximate surface area is 213 Å². The number of carbonyl (C=O) groups excluding carboxylic acids is 2. The molecule has 3 aromatic rings. The van der Waals surface area contributed by atoms with Crippen LogP contribution in [0.25, 0.3) is 0 Å². The molecule has 3 amide bonds. The summed E-state index contributed by atoms with van der Waals surface area (Å²) in [7, 11) is 0. The highest BCUT2D eigenvalue weighted by Crippen LogP contribution is 2.20. The molecule has 36 heavy (non-hydrogen) atoms. The van der Waals surface area contributed by atoms with E-state index >= 15 is 0 Å². The Bertz CT molecular complexity index is 1180. The summed E-state index contributed by atoms with van der Waals surface area (Å²) in [5.74, 6) is -1.06. The van der Waals surface area contributed by atoms with Crippen LogP contribution in [0.5, 0.6) is 0 Å². The number of anilines is 1. The lowest BCUT2D eigenvalue weighted by Crippen LogP contribution is -2.46. The highest BCUT2D eigenvalue weighted by atomic mass is 32.1. The van der Waals surface area contributed by atoms with Crippen LogP contribution >= 0.6 is 11.3 Å². The number of ether oxygens (including phenoxy) is 1. The number of benzene rings is 2. The van der Waals surface area contributed by atoms with Crippen molar-refractivity contribution in [3.63, 3.8) is 0 Å². The summed E-state index contributed by atoms with van der Waals surface area (Å²) in [5, 5.41) is 2.69. The van der Waals surface area contributed by atoms with E-state index in [1.54, 1.807) is 34.4 Å². The van der Waals surface area contributed by atoms with Gasteiger partial charge in [-0.3, -0.25) is 4.79 Å². The number of nitrogens with one attached hydrogen (secondary N) is 1. The van der Waals surface area contributed by atoms with Gasteiger partial charge in [0.05, 0.1) is 12.6 Å². The molecule has 4 rings (SSSR count). The molecule has 1 atom stereocenters. The van der Waals surface area contributed by atoms with Crippen LogP contribution in [-0.4, -0.2) is 47.5 Å². The lowest BCUT2D eigenvalue weighted by molar-refractivity contribution is -0.133. The summed E-state index contributed by atoms with van der Waals surface area (Å²) in [6, 6.07) is 15.1. The summed E-state index contributed by atoms with van der Waals surface area (Å²) in [6.07, 6.45) is 1.53. The Morgan fingerprint density at radius 1 is 1.03 bits per heavy atom. The van der Waals surface area contributed by atoms with Gasteiger partial charge in [0.2, 0.25) is 5.91 Å². The number of nitrogens with zero attached hydrogens (tertiary/aromatic N) is 2. The molecule has 1 aliphatic heterocycles. The van der Waals surface area contributed by atoms with Crippen molar-refractivity contribution in [1.82, 2.24) is 9.80 Å². The van der Waals surface area contributed by atoms with Crippen molar-refractivity contribution in [2.75, 3.05) is 25.0 Å². The Kier molecular flexibility index (Phi) is 8.66. The minimum absolute atomic E-state index is 0.165. The number of halogens is 2. The predicted octanol–water partition coefficient (Wildman–Crippen LogP) is 5.58. The minimum Gasteiger partial charge on any atom is -0.376 e. The van der Waals surface area contributed by atoms with Gasteiger partial charge in [0.25, 0.3) is 0 Å². The SMILES string of the molecule is Cc1ccc(CN(Cc2ccc(F)cc2)C(=O)CN(C[C@H]2CCCO2)C(=O)Nc2cccc(F)c2)s1. The molecule has 9 heteroatoms. The maximum absolute atomic E-state index is 13.6. The quantitative estimate of drug-likeness (QED) is 0.407. The van der Waals surface area contributed by atoms with E-state index in [0.29, 0.717) is 18.8 Å². The third-order valence-corrected chi connectivity index (χ3v) is 6.90. The number of aryl methyl sites for hydroxylation is 1. The van der Waals surface area contributed by atoms with E-state index in [9.17, 15) is 18.4 Å². The molecule has 1 N–H and O–H groups in total. The second kappa shape index (κ2) is 12.1. The molecule has 1 aliphatic rings. The zero-order valence-electron chi connectivity index (χ0n) is 20.1. The number of hydrogen-bond acceptors (Lipinski definition) is 4. The van der Waals surface area contributed by atoms with E-state index in [1.807, 2.05) is 19.1 Å². The van der Waals surface area contributed by atoms with Crippen LogP contribution in [0.3, 0.4) is 0 Å². The second-order valence-corrected chi connectivity index (χ2v) is 10.2. The molecule has 0 radical (unpaired) electrons. The number of hydrogen-bond donors (Lipinski definition) is 1. The first-order valence-corrected chi connectivity index (χ1v) is 12.7. The largest absolute Gasteiger partial charge is 0.376 e. The maximum Gasteiger partial charge on any atom is 0.322 e. The second-order valence-electron chi connectivity index (χ2n) is 8.84. The van der Waals surface area contributed by atoms with Crippen molar-refractivity contribution in [3.8, 4) is 0 Å². The number of rotatable bonds is 9. The van der Waals surface area contributed by atoms with Gasteiger partial charge in [-0.25, -0.2) is 13.6 Å². The van der Waals surface area contributed by atoms with Crippen LogP contribution in [-0.2, 0) is 22.6 Å². The van der Waals surface area contributed by atoms with Gasteiger partial charge < -0.3 is 19.9 Å². The van der Waals surface area contributed by atoms with E-state index < -0.39 is 11.8 Å². The van der Waals surface area contributed by atoms with Crippen LogP contribution in [0.15, 0.2) is 60.7 Å². The Balaban J connectivity index is 1.52. The van der Waals surface area contributed by atoms with Gasteiger partial charge in [0.15, 0.2) is 0 Å². The highest BCUT2D eigenvalue weighted by molar-refractivity contribution is 7.11. The molecule has 0 bridgehead atoms. The summed E-state index contributed by atoms with van der Waals surface area (Å²) in [6.45, 7) is 3.33. The van der Waals surface area contributed by atoms with Gasteiger partial charge in [-0.2, -0.15) is 0 Å². The predicted molar refractivity (Wildman–Crippen MR) is 136 cm³/mol. The van der Waals surface area contributed by atoms with Crippen molar-refractivity contribution < 1.29 is 23.1 Å². The molecule has 1 saturated heterocycles. The molecule has 190 valence electrons. The van der Waals surface area contributed by atoms with Crippen LogP contribution < -0.4 is 5.32 Å². The van der Waals surface area contributed by atoms with Crippen molar-refractivity contribution >= 4 is 29.0 Å². The number of amides is 3. The monoisotopic (exact) mass is 513 g/mol. The summed E-state index contributed by atoms with van der Waals surface area (Å²) in [4.78, 5) is 31.9. The van der Waals surface area contributed by atoms with Gasteiger partial charge in [0.1, 0.15) is 18.2 Å². The fourth-order valence-electron chi connectivity index (χ4n) is 4.09. The smallest absolute Gasteiger partial charge is 0.322 e. The number of urea groups is 1. The van der Waals surface area contributed by atoms with E-state index in [0.717, 1.165) is 28.2 Å². The fraction of sp³-hybridized carbons (Fsp3) is 0.333. The Morgan fingerprint density at radius 3 is 2.50 bits per heavy atom. The van der Waals surface area contributed by atoms with Gasteiger partial charge in [0, 0.05) is 35.1 Å². The lowest BCUT2D eigenvalue weighted by Gasteiger charge is -2.29. The first kappa shape index (κ1) is 25.8. The fourth-order valence-corrected chi connectivity index (χ4v) is 4.99. The lowest BCUT2D eigenvalue weighted by atomic mass is 10.2. The van der Waals surface area contributed by atoms with E-state index in [-0.39, 0.29) is 37.5 Å².